The molecule has 4 bridgehead atoms. The number of aromatic hydroxyl groups is 1. The summed E-state index contributed by atoms with van der Waals surface area (Å²) in [4.78, 5) is 42.8. The number of fused-ring (bicyclic) bond motifs is 10. The first kappa shape index (κ1) is 32.8. The largest absolute Gasteiger partial charge is 0.504 e. The Morgan fingerprint density at radius 1 is 1.10 bits per heavy atom. The van der Waals surface area contributed by atoms with E-state index in [0.717, 1.165) is 11.1 Å². The number of phenols is 1. The minimum atomic E-state index is -1.19. The lowest BCUT2D eigenvalue weighted by Gasteiger charge is -2.62. The number of hydrogen-bond donors (Lipinski definition) is 2. The van der Waals surface area contributed by atoms with E-state index in [-0.39, 0.29) is 37.4 Å². The third kappa shape index (κ3) is 4.90. The minimum Gasteiger partial charge on any atom is -0.504 e. The van der Waals surface area contributed by atoms with Gasteiger partial charge in [0.1, 0.15) is 18.6 Å². The Kier molecular flexibility index (Phi) is 8.41. The molecule has 258 valence electrons. The van der Waals surface area contributed by atoms with Crippen molar-refractivity contribution in [1.29, 1.82) is 0 Å². The molecule has 0 amide bonds. The molecule has 6 aliphatic heterocycles. The van der Waals surface area contributed by atoms with Gasteiger partial charge in [-0.1, -0.05) is 13.0 Å². The Morgan fingerprint density at radius 2 is 1.85 bits per heavy atom. The predicted molar refractivity (Wildman–Crippen MR) is 171 cm³/mol. The van der Waals surface area contributed by atoms with Crippen molar-refractivity contribution in [2.24, 2.45) is 0 Å². The topological polar surface area (TPSA) is 154 Å². The average Bonchev–Trinajstić information content (AvgIpc) is 3.53. The smallest absolute Gasteiger partial charge is 0.348 e. The van der Waals surface area contributed by atoms with Gasteiger partial charge < -0.3 is 38.6 Å². The summed E-state index contributed by atoms with van der Waals surface area (Å²) in [6.45, 7) is 6.55. The zero-order chi connectivity index (χ0) is 34.2. The highest BCUT2D eigenvalue weighted by Crippen LogP contribution is 2.63. The average molecular weight is 685 g/mol. The van der Waals surface area contributed by atoms with Crippen molar-refractivity contribution >= 4 is 29.7 Å². The van der Waals surface area contributed by atoms with Crippen molar-refractivity contribution in [3.8, 4) is 28.7 Å². The van der Waals surface area contributed by atoms with Gasteiger partial charge in [0.2, 0.25) is 12.9 Å². The lowest BCUT2D eigenvalue weighted by atomic mass is 9.73. The van der Waals surface area contributed by atoms with Crippen molar-refractivity contribution in [2.75, 3.05) is 33.3 Å². The van der Waals surface area contributed by atoms with Gasteiger partial charge in [-0.25, -0.2) is 4.79 Å². The number of likely N-dealkylation sites (N-methyl/N-ethyl adjacent to an activating group) is 1. The zero-order valence-corrected chi connectivity index (χ0v) is 28.5. The van der Waals surface area contributed by atoms with Gasteiger partial charge in [-0.2, -0.15) is 0 Å². The second-order valence-electron chi connectivity index (χ2n) is 12.9. The first-order valence-corrected chi connectivity index (χ1v) is 17.2. The molecule has 0 saturated carbocycles. The third-order valence-electron chi connectivity index (χ3n) is 10.2. The van der Waals surface area contributed by atoms with Gasteiger partial charge in [0.25, 0.3) is 0 Å². The standard InChI is InChI=1S/C34H40N2O11S/c1-7-8-21(38)47-20-12-48-32-24-23(31-30(44-13-45-31)15(3)29(24)46-16(4)37)19(11-43-34(20)41)36-26(32)25-22-17(10-18(33(36)40)35(25)5)9-14(2)28(42-6)27(22)39/h9,18-20,25-26,32-33,39-40H,7-8,10-13H2,1-6H3/t18-,19+,20-,25+,26?,32+,33-/m0/s1. The fraction of sp³-hybridized carbons (Fsp3) is 0.559. The van der Waals surface area contributed by atoms with Crippen LogP contribution in [0.15, 0.2) is 6.07 Å². The van der Waals surface area contributed by atoms with E-state index < -0.39 is 53.6 Å². The van der Waals surface area contributed by atoms with Gasteiger partial charge in [-0.15, -0.1) is 11.8 Å². The number of benzene rings is 2. The molecule has 0 radical (unpaired) electrons. The summed E-state index contributed by atoms with van der Waals surface area (Å²) in [6, 6.07) is -0.229. The molecule has 7 atom stereocenters. The molecule has 14 heteroatoms. The van der Waals surface area contributed by atoms with Gasteiger partial charge in [0.05, 0.1) is 30.5 Å². The lowest BCUT2D eigenvalue weighted by Crippen LogP contribution is -2.69. The van der Waals surface area contributed by atoms with E-state index in [1.807, 2.05) is 31.9 Å². The normalized spacial score (nSPS) is 28.9. The number of aliphatic hydroxyl groups is 1. The highest BCUT2D eigenvalue weighted by molar-refractivity contribution is 7.99. The van der Waals surface area contributed by atoms with Crippen molar-refractivity contribution in [3.63, 3.8) is 0 Å². The number of piperazine rings is 1. The summed E-state index contributed by atoms with van der Waals surface area (Å²) >= 11 is 1.34. The SMILES string of the molecule is CCCC(=O)O[C@H]1CS[C@@H]2c3c(OC(C)=O)c(C)c4c(c3[C@@H](COC1=O)N1C2[C@H]2c3c(cc(C)c(OC)c3O)C[C@@H]([C@@H]1O)N2C)OCO4. The molecule has 0 spiro atoms. The van der Waals surface area contributed by atoms with E-state index in [9.17, 15) is 24.6 Å². The second-order valence-corrected chi connectivity index (χ2v) is 14.1. The van der Waals surface area contributed by atoms with Crippen LogP contribution in [0, 0.1) is 13.8 Å². The van der Waals surface area contributed by atoms with E-state index in [1.165, 1.54) is 25.8 Å². The van der Waals surface area contributed by atoms with Crippen LogP contribution in [0.5, 0.6) is 28.7 Å². The molecule has 2 N–H and O–H groups in total. The molecule has 8 rings (SSSR count). The molecule has 0 aromatic heterocycles. The van der Waals surface area contributed by atoms with Gasteiger partial charge >= 0.3 is 17.9 Å². The molecule has 0 aliphatic carbocycles. The zero-order valence-electron chi connectivity index (χ0n) is 27.7. The Balaban J connectivity index is 1.49. The maximum absolute atomic E-state index is 13.5. The fourth-order valence-corrected chi connectivity index (χ4v) is 9.74. The Hall–Kier alpha value is -3.72. The number of rotatable bonds is 5. The number of esters is 3. The Bertz CT molecular complexity index is 1700. The number of hydrogen-bond acceptors (Lipinski definition) is 14. The van der Waals surface area contributed by atoms with Gasteiger partial charge in [-0.05, 0) is 44.9 Å². The van der Waals surface area contributed by atoms with Gasteiger partial charge in [0.15, 0.2) is 23.0 Å². The van der Waals surface area contributed by atoms with Crippen LogP contribution >= 0.6 is 11.8 Å². The summed E-state index contributed by atoms with van der Waals surface area (Å²) < 4.78 is 35.2. The van der Waals surface area contributed by atoms with E-state index >= 15 is 0 Å². The number of carbonyl (C=O) groups is 3. The van der Waals surface area contributed by atoms with Crippen molar-refractivity contribution in [1.82, 2.24) is 9.80 Å². The molecule has 6 aliphatic rings. The molecular weight excluding hydrogens is 644 g/mol. The summed E-state index contributed by atoms with van der Waals surface area (Å²) in [6.07, 6.45) is -1.08. The number of ether oxygens (including phenoxy) is 6. The van der Waals surface area contributed by atoms with Gasteiger partial charge in [-0.3, -0.25) is 19.4 Å². The van der Waals surface area contributed by atoms with Crippen LogP contribution in [0.25, 0.3) is 0 Å². The van der Waals surface area contributed by atoms with Crippen LogP contribution in [0.1, 0.15) is 77.4 Å². The third-order valence-corrected chi connectivity index (χ3v) is 11.6. The molecule has 48 heavy (non-hydrogen) atoms. The molecule has 2 aromatic carbocycles. The number of nitrogens with zero attached hydrogens (tertiary/aromatic N) is 2. The van der Waals surface area contributed by atoms with Crippen LogP contribution in [-0.4, -0.2) is 95.6 Å². The number of methoxy groups -OCH3 is 1. The summed E-state index contributed by atoms with van der Waals surface area (Å²) in [5.74, 6) is -0.160. The van der Waals surface area contributed by atoms with Crippen LogP contribution < -0.4 is 18.9 Å². The summed E-state index contributed by atoms with van der Waals surface area (Å²) in [5.41, 5.74) is 4.16. The van der Waals surface area contributed by atoms with Crippen LogP contribution in [-0.2, 0) is 30.3 Å². The van der Waals surface area contributed by atoms with E-state index in [2.05, 4.69) is 4.90 Å². The molecule has 13 nitrogen and oxygen atoms in total. The van der Waals surface area contributed by atoms with E-state index in [4.69, 9.17) is 28.4 Å². The fourth-order valence-electron chi connectivity index (χ4n) is 8.26. The molecule has 2 aromatic rings. The highest BCUT2D eigenvalue weighted by atomic mass is 32.2. The Labute approximate surface area is 282 Å². The summed E-state index contributed by atoms with van der Waals surface area (Å²) in [5, 5.41) is 23.5. The maximum Gasteiger partial charge on any atom is 0.348 e. The van der Waals surface area contributed by atoms with E-state index in [1.54, 1.807) is 6.92 Å². The first-order chi connectivity index (χ1) is 23.0. The number of aliphatic hydroxyl groups excluding tert-OH is 1. The Morgan fingerprint density at radius 3 is 2.56 bits per heavy atom. The summed E-state index contributed by atoms with van der Waals surface area (Å²) in [7, 11) is 3.44. The monoisotopic (exact) mass is 684 g/mol. The van der Waals surface area contributed by atoms with E-state index in [0.29, 0.717) is 58.1 Å². The van der Waals surface area contributed by atoms with Crippen molar-refractivity contribution < 1.29 is 53.0 Å². The second kappa shape index (κ2) is 12.3. The number of carbonyl (C=O) groups excluding carboxylic acids is 3. The maximum atomic E-state index is 13.5. The number of aryl methyl sites for hydroxylation is 1. The molecular formula is C34H40N2O11S. The van der Waals surface area contributed by atoms with Crippen LogP contribution in [0.4, 0.5) is 0 Å². The molecule has 1 unspecified atom stereocenters. The van der Waals surface area contributed by atoms with Crippen molar-refractivity contribution in [2.45, 2.75) is 88.7 Å². The van der Waals surface area contributed by atoms with Crippen LogP contribution in [0.3, 0.4) is 0 Å². The number of thioether (sulfide) groups is 1. The molecule has 2 saturated heterocycles. The molecule has 6 heterocycles. The van der Waals surface area contributed by atoms with Crippen molar-refractivity contribution in [3.05, 3.63) is 39.4 Å². The predicted octanol–water partition coefficient (Wildman–Crippen LogP) is 3.37. The van der Waals surface area contributed by atoms with Gasteiger partial charge in [0, 0.05) is 47.4 Å². The number of phenolic OH excluding ortho intramolecular Hbond substituents is 1. The highest BCUT2D eigenvalue weighted by Gasteiger charge is 2.60. The minimum absolute atomic E-state index is 0.0203. The van der Waals surface area contributed by atoms with Crippen LogP contribution in [0.2, 0.25) is 0 Å². The quantitative estimate of drug-likeness (QED) is 0.350. The first-order valence-electron chi connectivity index (χ1n) is 16.2. The molecule has 2 fully saturated rings. The lowest BCUT2D eigenvalue weighted by molar-refractivity contribution is -0.188.